The van der Waals surface area contributed by atoms with Gasteiger partial charge in [0, 0.05) is 45.5 Å². The normalized spacial score (nSPS) is 24.0. The van der Waals surface area contributed by atoms with Crippen LogP contribution in [0.1, 0.15) is 39.5 Å². The van der Waals surface area contributed by atoms with E-state index in [9.17, 15) is 0 Å². The average Bonchev–Trinajstić information content (AvgIpc) is 3.28. The fourth-order valence-corrected chi connectivity index (χ4v) is 3.20. The lowest BCUT2D eigenvalue weighted by Gasteiger charge is -2.43. The fraction of sp³-hybridized carbons (Fsp3) is 1.00. The van der Waals surface area contributed by atoms with Gasteiger partial charge in [-0.1, -0.05) is 6.92 Å². The van der Waals surface area contributed by atoms with Gasteiger partial charge in [0.2, 0.25) is 0 Å². The molecule has 20 heavy (non-hydrogen) atoms. The first-order valence-electron chi connectivity index (χ1n) is 8.23. The monoisotopic (exact) mass is 284 g/mol. The Morgan fingerprint density at radius 3 is 2.60 bits per heavy atom. The Kier molecular flexibility index (Phi) is 6.27. The zero-order chi connectivity index (χ0) is 14.4. The van der Waals surface area contributed by atoms with Crippen molar-refractivity contribution in [2.24, 2.45) is 5.41 Å². The molecule has 2 fully saturated rings. The number of hydrogen-bond acceptors (Lipinski definition) is 4. The van der Waals surface area contributed by atoms with E-state index in [1.54, 1.807) is 7.11 Å². The highest BCUT2D eigenvalue weighted by molar-refractivity contribution is 4.91. The number of nitrogens with one attached hydrogen (secondary N) is 1. The van der Waals surface area contributed by atoms with Gasteiger partial charge in [-0.2, -0.15) is 0 Å². The molecule has 1 atom stereocenters. The first-order chi connectivity index (χ1) is 9.69. The van der Waals surface area contributed by atoms with Crippen molar-refractivity contribution in [2.75, 3.05) is 46.6 Å². The third-order valence-corrected chi connectivity index (χ3v) is 4.87. The highest BCUT2D eigenvalue weighted by Gasteiger charge is 2.36. The Balaban J connectivity index is 1.93. The van der Waals surface area contributed by atoms with Crippen LogP contribution in [0.4, 0.5) is 0 Å². The van der Waals surface area contributed by atoms with E-state index in [4.69, 9.17) is 9.47 Å². The fourth-order valence-electron chi connectivity index (χ4n) is 3.20. The zero-order valence-electron chi connectivity index (χ0n) is 13.5. The molecule has 0 spiro atoms. The third kappa shape index (κ3) is 4.69. The summed E-state index contributed by atoms with van der Waals surface area (Å²) in [7, 11) is 1.79. The Morgan fingerprint density at radius 1 is 1.35 bits per heavy atom. The Hall–Kier alpha value is -0.160. The van der Waals surface area contributed by atoms with Crippen LogP contribution in [0.5, 0.6) is 0 Å². The highest BCUT2D eigenvalue weighted by atomic mass is 16.5. The third-order valence-electron chi connectivity index (χ3n) is 4.87. The largest absolute Gasteiger partial charge is 0.383 e. The van der Waals surface area contributed by atoms with E-state index >= 15 is 0 Å². The molecule has 1 saturated carbocycles. The first-order valence-corrected chi connectivity index (χ1v) is 8.23. The van der Waals surface area contributed by atoms with Crippen molar-refractivity contribution in [3.8, 4) is 0 Å². The van der Waals surface area contributed by atoms with E-state index in [0.717, 1.165) is 45.5 Å². The number of likely N-dealkylation sites (N-methyl/N-ethyl adjacent to an activating group) is 1. The summed E-state index contributed by atoms with van der Waals surface area (Å²) in [6.07, 6.45) is 5.10. The Labute approximate surface area is 124 Å². The second-order valence-electron chi connectivity index (χ2n) is 6.64. The van der Waals surface area contributed by atoms with Gasteiger partial charge >= 0.3 is 0 Å². The molecule has 0 amide bonds. The maximum Gasteiger partial charge on any atom is 0.0615 e. The summed E-state index contributed by atoms with van der Waals surface area (Å²) in [5, 5.41) is 3.75. The smallest absolute Gasteiger partial charge is 0.0615 e. The topological polar surface area (TPSA) is 33.7 Å². The first kappa shape index (κ1) is 16.2. The molecular weight excluding hydrogens is 252 g/mol. The molecule has 0 aromatic carbocycles. The van der Waals surface area contributed by atoms with Gasteiger partial charge in [0.15, 0.2) is 0 Å². The zero-order valence-corrected chi connectivity index (χ0v) is 13.5. The summed E-state index contributed by atoms with van der Waals surface area (Å²) in [6.45, 7) is 10.6. The number of ether oxygens (including phenoxy) is 2. The van der Waals surface area contributed by atoms with E-state index in [-0.39, 0.29) is 0 Å². The molecular formula is C16H32N2O2. The molecule has 2 rings (SSSR count). The van der Waals surface area contributed by atoms with E-state index in [2.05, 4.69) is 24.1 Å². The van der Waals surface area contributed by atoms with Crippen molar-refractivity contribution in [3.63, 3.8) is 0 Å². The van der Waals surface area contributed by atoms with Crippen LogP contribution in [-0.4, -0.2) is 63.5 Å². The predicted octanol–water partition coefficient (Wildman–Crippen LogP) is 1.89. The van der Waals surface area contributed by atoms with Gasteiger partial charge in [-0.3, -0.25) is 4.90 Å². The molecule has 0 radical (unpaired) electrons. The van der Waals surface area contributed by atoms with E-state index in [1.165, 1.54) is 25.7 Å². The molecule has 4 nitrogen and oxygen atoms in total. The summed E-state index contributed by atoms with van der Waals surface area (Å²) in [5.74, 6) is 0. The predicted molar refractivity (Wildman–Crippen MR) is 82.1 cm³/mol. The molecule has 0 aromatic rings. The highest BCUT2D eigenvalue weighted by Crippen LogP contribution is 2.33. The van der Waals surface area contributed by atoms with Gasteiger partial charge in [-0.05, 0) is 44.6 Å². The van der Waals surface area contributed by atoms with Crippen molar-refractivity contribution in [1.29, 1.82) is 0 Å². The number of hydrogen-bond donors (Lipinski definition) is 1. The van der Waals surface area contributed by atoms with Crippen LogP contribution >= 0.6 is 0 Å². The Morgan fingerprint density at radius 2 is 2.05 bits per heavy atom. The molecule has 1 aliphatic heterocycles. The van der Waals surface area contributed by atoms with Crippen molar-refractivity contribution in [1.82, 2.24) is 10.2 Å². The van der Waals surface area contributed by atoms with E-state index in [0.29, 0.717) is 11.5 Å². The number of rotatable bonds is 9. The maximum absolute atomic E-state index is 5.60. The minimum absolute atomic E-state index is 0.388. The number of methoxy groups -OCH3 is 1. The van der Waals surface area contributed by atoms with Gasteiger partial charge in [0.05, 0.1) is 6.61 Å². The van der Waals surface area contributed by atoms with Crippen molar-refractivity contribution >= 4 is 0 Å². The molecule has 1 unspecified atom stereocenters. The summed E-state index contributed by atoms with van der Waals surface area (Å²) >= 11 is 0. The quantitative estimate of drug-likeness (QED) is 0.701. The van der Waals surface area contributed by atoms with E-state index in [1.807, 2.05) is 0 Å². The molecule has 2 aliphatic rings. The van der Waals surface area contributed by atoms with Crippen LogP contribution < -0.4 is 5.32 Å². The van der Waals surface area contributed by atoms with E-state index < -0.39 is 0 Å². The minimum Gasteiger partial charge on any atom is -0.383 e. The lowest BCUT2D eigenvalue weighted by molar-refractivity contribution is -0.0164. The molecule has 0 aromatic heterocycles. The molecule has 1 heterocycles. The average molecular weight is 284 g/mol. The summed E-state index contributed by atoms with van der Waals surface area (Å²) in [6, 6.07) is 1.28. The second kappa shape index (κ2) is 7.74. The molecule has 118 valence electrons. The van der Waals surface area contributed by atoms with Crippen LogP contribution in [0.25, 0.3) is 0 Å². The maximum atomic E-state index is 5.60. The summed E-state index contributed by atoms with van der Waals surface area (Å²) in [4.78, 5) is 2.57. The van der Waals surface area contributed by atoms with Gasteiger partial charge in [-0.25, -0.2) is 0 Å². The number of nitrogens with zero attached hydrogens (tertiary/aromatic N) is 1. The molecule has 4 heteroatoms. The van der Waals surface area contributed by atoms with Gasteiger partial charge in [-0.15, -0.1) is 0 Å². The van der Waals surface area contributed by atoms with Crippen molar-refractivity contribution in [3.05, 3.63) is 0 Å². The van der Waals surface area contributed by atoms with Crippen LogP contribution in [0.15, 0.2) is 0 Å². The summed E-state index contributed by atoms with van der Waals surface area (Å²) in [5.41, 5.74) is 0.388. The second-order valence-corrected chi connectivity index (χ2v) is 6.64. The molecule has 1 aliphatic carbocycles. The van der Waals surface area contributed by atoms with Crippen LogP contribution in [0, 0.1) is 5.41 Å². The standard InChI is InChI=1S/C16H32N2O2/c1-4-18(14(2)11-19-3)13-16(7-9-20-10-8-16)12-17-15-5-6-15/h14-15,17H,4-13H2,1-3H3. The summed E-state index contributed by atoms with van der Waals surface area (Å²) < 4.78 is 10.9. The minimum atomic E-state index is 0.388. The van der Waals surface area contributed by atoms with Crippen LogP contribution in [0.2, 0.25) is 0 Å². The lowest BCUT2D eigenvalue weighted by Crippen LogP contribution is -2.50. The van der Waals surface area contributed by atoms with Crippen LogP contribution in [-0.2, 0) is 9.47 Å². The van der Waals surface area contributed by atoms with Crippen molar-refractivity contribution < 1.29 is 9.47 Å². The molecule has 1 N–H and O–H groups in total. The van der Waals surface area contributed by atoms with Crippen molar-refractivity contribution in [2.45, 2.75) is 51.6 Å². The van der Waals surface area contributed by atoms with Gasteiger partial charge < -0.3 is 14.8 Å². The van der Waals surface area contributed by atoms with Gasteiger partial charge in [0.1, 0.15) is 0 Å². The van der Waals surface area contributed by atoms with Gasteiger partial charge in [0.25, 0.3) is 0 Å². The molecule has 1 saturated heterocycles. The lowest BCUT2D eigenvalue weighted by atomic mass is 9.79. The Bertz CT molecular complexity index is 276. The SMILES string of the molecule is CCN(CC1(CNC2CC2)CCOCC1)C(C)COC. The van der Waals surface area contributed by atoms with Crippen LogP contribution in [0.3, 0.4) is 0 Å². The molecule has 0 bridgehead atoms.